The van der Waals surface area contributed by atoms with E-state index in [0.717, 1.165) is 11.3 Å². The lowest BCUT2D eigenvalue weighted by molar-refractivity contribution is -0.0557. The molecule has 2 aliphatic rings. The van der Waals surface area contributed by atoms with Gasteiger partial charge in [0, 0.05) is 12.8 Å². The molecule has 0 aliphatic heterocycles. The number of hydrogen-bond acceptors (Lipinski definition) is 1. The zero-order valence-corrected chi connectivity index (χ0v) is 12.2. The zero-order valence-electron chi connectivity index (χ0n) is 12.2. The van der Waals surface area contributed by atoms with Crippen molar-refractivity contribution in [3.05, 3.63) is 29.3 Å². The van der Waals surface area contributed by atoms with Gasteiger partial charge in [-0.3, -0.25) is 0 Å². The number of methoxy groups -OCH3 is 1. The van der Waals surface area contributed by atoms with Crippen LogP contribution in [0.1, 0.15) is 62.0 Å². The molecule has 0 radical (unpaired) electrons. The molecule has 0 N–H and O–H groups in total. The Bertz CT molecular complexity index is 494. The Morgan fingerprint density at radius 2 is 1.85 bits per heavy atom. The van der Waals surface area contributed by atoms with E-state index in [-0.39, 0.29) is 24.7 Å². The standard InChI is InChI=1S/C17H22F2O/c1-11-10-17(18,19)9-8-13(11)15-5-3-4-14(12-6-7-12)16(15)20-2/h3-5,11-13H,6-10H2,1-2H3/t11?,13-/m1/s1. The third kappa shape index (κ3) is 2.55. The molecule has 1 unspecified atom stereocenters. The largest absolute Gasteiger partial charge is 0.496 e. The summed E-state index contributed by atoms with van der Waals surface area (Å²) in [6.45, 7) is 1.95. The third-order valence-electron chi connectivity index (χ3n) is 4.83. The summed E-state index contributed by atoms with van der Waals surface area (Å²) in [7, 11) is 1.70. The molecular formula is C17H22F2O. The normalized spacial score (nSPS) is 29.2. The molecule has 0 aromatic heterocycles. The minimum atomic E-state index is -2.49. The van der Waals surface area contributed by atoms with Crippen molar-refractivity contribution in [3.63, 3.8) is 0 Å². The van der Waals surface area contributed by atoms with Gasteiger partial charge in [-0.15, -0.1) is 0 Å². The molecule has 1 nitrogen and oxygen atoms in total. The first-order valence-electron chi connectivity index (χ1n) is 7.56. The third-order valence-corrected chi connectivity index (χ3v) is 4.83. The first-order valence-corrected chi connectivity index (χ1v) is 7.56. The van der Waals surface area contributed by atoms with Crippen molar-refractivity contribution in [2.24, 2.45) is 5.92 Å². The SMILES string of the molecule is COc1c(C2CC2)cccc1[C@@H]1CCC(F)(F)CC1C. The van der Waals surface area contributed by atoms with Crippen molar-refractivity contribution in [1.82, 2.24) is 0 Å². The highest BCUT2D eigenvalue weighted by Gasteiger charge is 2.41. The van der Waals surface area contributed by atoms with Crippen molar-refractivity contribution >= 4 is 0 Å². The van der Waals surface area contributed by atoms with Crippen LogP contribution < -0.4 is 4.74 Å². The van der Waals surface area contributed by atoms with Crippen molar-refractivity contribution in [3.8, 4) is 5.75 Å². The first kappa shape index (κ1) is 13.8. The number of hydrogen-bond donors (Lipinski definition) is 0. The summed E-state index contributed by atoms with van der Waals surface area (Å²) in [6.07, 6.45) is 2.99. The van der Waals surface area contributed by atoms with Gasteiger partial charge in [0.15, 0.2) is 0 Å². The van der Waals surface area contributed by atoms with Gasteiger partial charge in [-0.05, 0) is 48.1 Å². The van der Waals surface area contributed by atoms with Crippen LogP contribution in [0.15, 0.2) is 18.2 Å². The summed E-state index contributed by atoms with van der Waals surface area (Å²) in [4.78, 5) is 0. The highest BCUT2D eigenvalue weighted by molar-refractivity contribution is 5.47. The van der Waals surface area contributed by atoms with Gasteiger partial charge < -0.3 is 4.74 Å². The zero-order chi connectivity index (χ0) is 14.3. The predicted octanol–water partition coefficient (Wildman–Crippen LogP) is 5.11. The molecule has 2 fully saturated rings. The molecule has 2 saturated carbocycles. The van der Waals surface area contributed by atoms with Crippen LogP contribution in [-0.2, 0) is 0 Å². The van der Waals surface area contributed by atoms with Crippen LogP contribution in [0.5, 0.6) is 5.75 Å². The summed E-state index contributed by atoms with van der Waals surface area (Å²) in [5.74, 6) is -0.718. The summed E-state index contributed by atoms with van der Waals surface area (Å²) < 4.78 is 32.7. The second-order valence-electron chi connectivity index (χ2n) is 6.43. The number of alkyl halides is 2. The maximum absolute atomic E-state index is 13.5. The van der Waals surface area contributed by atoms with Crippen molar-refractivity contribution < 1.29 is 13.5 Å². The van der Waals surface area contributed by atoms with E-state index in [1.807, 2.05) is 6.92 Å². The fourth-order valence-corrected chi connectivity index (χ4v) is 3.65. The lowest BCUT2D eigenvalue weighted by atomic mass is 9.74. The molecular weight excluding hydrogens is 258 g/mol. The van der Waals surface area contributed by atoms with Crippen LogP contribution >= 0.6 is 0 Å². The minimum absolute atomic E-state index is 0.00117. The molecule has 20 heavy (non-hydrogen) atoms. The molecule has 110 valence electrons. The summed E-state index contributed by atoms with van der Waals surface area (Å²) >= 11 is 0. The van der Waals surface area contributed by atoms with Gasteiger partial charge in [0.25, 0.3) is 0 Å². The van der Waals surface area contributed by atoms with E-state index < -0.39 is 5.92 Å². The predicted molar refractivity (Wildman–Crippen MR) is 75.7 cm³/mol. The fourth-order valence-electron chi connectivity index (χ4n) is 3.65. The monoisotopic (exact) mass is 280 g/mol. The van der Waals surface area contributed by atoms with E-state index in [4.69, 9.17) is 4.74 Å². The lowest BCUT2D eigenvalue weighted by Gasteiger charge is -2.35. The Morgan fingerprint density at radius 3 is 2.45 bits per heavy atom. The summed E-state index contributed by atoms with van der Waals surface area (Å²) in [6, 6.07) is 6.25. The smallest absolute Gasteiger partial charge is 0.248 e. The fraction of sp³-hybridized carbons (Fsp3) is 0.647. The van der Waals surface area contributed by atoms with E-state index in [1.165, 1.54) is 18.4 Å². The van der Waals surface area contributed by atoms with Crippen LogP contribution in [0, 0.1) is 5.92 Å². The topological polar surface area (TPSA) is 9.23 Å². The molecule has 1 aromatic carbocycles. The molecule has 2 atom stereocenters. The van der Waals surface area contributed by atoms with Gasteiger partial charge >= 0.3 is 0 Å². The van der Waals surface area contributed by atoms with E-state index in [0.29, 0.717) is 12.3 Å². The van der Waals surface area contributed by atoms with Gasteiger partial charge in [0.1, 0.15) is 5.75 Å². The molecule has 2 aliphatic carbocycles. The van der Waals surface area contributed by atoms with Gasteiger partial charge in [-0.1, -0.05) is 25.1 Å². The van der Waals surface area contributed by atoms with Gasteiger partial charge in [0.05, 0.1) is 7.11 Å². The van der Waals surface area contributed by atoms with Crippen LogP contribution in [0.2, 0.25) is 0 Å². The number of halogens is 2. The second kappa shape index (κ2) is 5.01. The highest BCUT2D eigenvalue weighted by atomic mass is 19.3. The van der Waals surface area contributed by atoms with E-state index in [9.17, 15) is 8.78 Å². The molecule has 1 aromatic rings. The Balaban J connectivity index is 1.92. The molecule has 0 bridgehead atoms. The minimum Gasteiger partial charge on any atom is -0.496 e. The van der Waals surface area contributed by atoms with Gasteiger partial charge in [-0.25, -0.2) is 8.78 Å². The second-order valence-corrected chi connectivity index (χ2v) is 6.43. The molecule has 0 heterocycles. The van der Waals surface area contributed by atoms with Crippen LogP contribution in [0.25, 0.3) is 0 Å². The van der Waals surface area contributed by atoms with Crippen molar-refractivity contribution in [2.75, 3.05) is 7.11 Å². The van der Waals surface area contributed by atoms with Crippen LogP contribution in [-0.4, -0.2) is 13.0 Å². The molecule has 0 saturated heterocycles. The van der Waals surface area contributed by atoms with Gasteiger partial charge in [-0.2, -0.15) is 0 Å². The Morgan fingerprint density at radius 1 is 1.15 bits per heavy atom. The highest BCUT2D eigenvalue weighted by Crippen LogP contribution is 2.51. The van der Waals surface area contributed by atoms with Gasteiger partial charge in [0.2, 0.25) is 5.92 Å². The van der Waals surface area contributed by atoms with Crippen molar-refractivity contribution in [2.45, 2.75) is 56.8 Å². The average Bonchev–Trinajstić information content (AvgIpc) is 3.21. The average molecular weight is 280 g/mol. The Labute approximate surface area is 119 Å². The molecule has 3 heteroatoms. The van der Waals surface area contributed by atoms with E-state index >= 15 is 0 Å². The number of benzene rings is 1. The number of ether oxygens (including phenoxy) is 1. The summed E-state index contributed by atoms with van der Waals surface area (Å²) in [5, 5.41) is 0. The maximum atomic E-state index is 13.5. The summed E-state index contributed by atoms with van der Waals surface area (Å²) in [5.41, 5.74) is 2.41. The molecule has 3 rings (SSSR count). The quantitative estimate of drug-likeness (QED) is 0.747. The first-order chi connectivity index (χ1) is 9.52. The van der Waals surface area contributed by atoms with Crippen molar-refractivity contribution in [1.29, 1.82) is 0 Å². The Kier molecular flexibility index (Phi) is 3.47. The number of rotatable bonds is 3. The van der Waals surface area contributed by atoms with E-state index in [2.05, 4.69) is 18.2 Å². The molecule has 0 amide bonds. The number of para-hydroxylation sites is 1. The van der Waals surface area contributed by atoms with Crippen LogP contribution in [0.3, 0.4) is 0 Å². The molecule has 0 spiro atoms. The maximum Gasteiger partial charge on any atom is 0.248 e. The lowest BCUT2D eigenvalue weighted by Crippen LogP contribution is -2.30. The Hall–Kier alpha value is -1.12. The van der Waals surface area contributed by atoms with E-state index in [1.54, 1.807) is 7.11 Å². The van der Waals surface area contributed by atoms with Crippen LogP contribution in [0.4, 0.5) is 8.78 Å².